The van der Waals surface area contributed by atoms with Crippen molar-refractivity contribution < 1.29 is 9.36 Å². The summed E-state index contributed by atoms with van der Waals surface area (Å²) in [5.74, 6) is 0.889. The topological polar surface area (TPSA) is 86.3 Å². The van der Waals surface area contributed by atoms with Crippen LogP contribution in [0.25, 0.3) is 11.5 Å². The van der Waals surface area contributed by atoms with Gasteiger partial charge in [0.15, 0.2) is 6.10 Å². The Kier molecular flexibility index (Phi) is 2.71. The molecule has 0 N–H and O–H groups in total. The molecule has 0 saturated heterocycles. The van der Waals surface area contributed by atoms with Crippen LogP contribution < -0.4 is 0 Å². The van der Waals surface area contributed by atoms with Crippen LogP contribution in [0, 0.1) is 0 Å². The summed E-state index contributed by atoms with van der Waals surface area (Å²) in [6.07, 6.45) is 6.01. The molecule has 1 unspecified atom stereocenters. The highest BCUT2D eigenvalue weighted by molar-refractivity contribution is 5.85. The number of nitrogens with zero attached hydrogens (tertiary/aromatic N) is 5. The molecule has 2 aromatic heterocycles. The summed E-state index contributed by atoms with van der Waals surface area (Å²) in [4.78, 5) is 17.3. The van der Waals surface area contributed by atoms with Gasteiger partial charge in [-0.05, 0) is 6.42 Å². The molecule has 18 heavy (non-hydrogen) atoms. The van der Waals surface area contributed by atoms with E-state index in [1.54, 1.807) is 12.4 Å². The van der Waals surface area contributed by atoms with E-state index in [0.717, 1.165) is 12.1 Å². The average Bonchev–Trinajstić information content (AvgIpc) is 3.08. The van der Waals surface area contributed by atoms with Crippen LogP contribution in [0.15, 0.2) is 28.4 Å². The average molecular weight is 245 g/mol. The molecule has 3 heterocycles. The molecule has 0 fully saturated rings. The minimum Gasteiger partial charge on any atom is -0.384 e. The quantitative estimate of drug-likeness (QED) is 0.818. The van der Waals surface area contributed by atoms with E-state index in [0.29, 0.717) is 23.7 Å². The molecule has 0 spiro atoms. The van der Waals surface area contributed by atoms with Crippen molar-refractivity contribution in [2.75, 3.05) is 0 Å². The van der Waals surface area contributed by atoms with Crippen molar-refractivity contribution in [1.82, 2.24) is 20.1 Å². The Morgan fingerprint density at radius 1 is 1.33 bits per heavy atom. The lowest BCUT2D eigenvalue weighted by Crippen LogP contribution is -2.01. The van der Waals surface area contributed by atoms with Gasteiger partial charge in [-0.2, -0.15) is 4.98 Å². The van der Waals surface area contributed by atoms with Crippen LogP contribution >= 0.6 is 0 Å². The highest BCUT2D eigenvalue weighted by atomic mass is 16.6. The summed E-state index contributed by atoms with van der Waals surface area (Å²) < 4.78 is 5.16. The van der Waals surface area contributed by atoms with Gasteiger partial charge in [-0.3, -0.25) is 0 Å². The van der Waals surface area contributed by atoms with Crippen molar-refractivity contribution in [3.8, 4) is 11.5 Å². The monoisotopic (exact) mass is 245 g/mol. The van der Waals surface area contributed by atoms with E-state index in [1.165, 1.54) is 6.33 Å². The van der Waals surface area contributed by atoms with Gasteiger partial charge in [0.2, 0.25) is 5.82 Å². The molecule has 1 aliphatic heterocycles. The summed E-state index contributed by atoms with van der Waals surface area (Å²) in [6.45, 7) is 2.04. The van der Waals surface area contributed by atoms with Crippen LogP contribution in [0.5, 0.6) is 0 Å². The van der Waals surface area contributed by atoms with Gasteiger partial charge < -0.3 is 9.36 Å². The van der Waals surface area contributed by atoms with Gasteiger partial charge in [-0.15, -0.1) is 0 Å². The van der Waals surface area contributed by atoms with Gasteiger partial charge in [0.25, 0.3) is 5.89 Å². The maximum atomic E-state index is 5.26. The maximum Gasteiger partial charge on any atom is 0.261 e. The first-order chi connectivity index (χ1) is 8.86. The van der Waals surface area contributed by atoms with E-state index < -0.39 is 0 Å². The fourth-order valence-electron chi connectivity index (χ4n) is 1.67. The molecule has 7 nitrogen and oxygen atoms in total. The number of rotatable bonds is 3. The van der Waals surface area contributed by atoms with Crippen LogP contribution in [-0.4, -0.2) is 25.8 Å². The summed E-state index contributed by atoms with van der Waals surface area (Å²) in [7, 11) is 0. The fraction of sp³-hybridized carbons (Fsp3) is 0.364. The lowest BCUT2D eigenvalue weighted by atomic mass is 10.1. The Balaban J connectivity index is 1.79. The van der Waals surface area contributed by atoms with Crippen molar-refractivity contribution in [2.45, 2.75) is 25.9 Å². The first-order valence-corrected chi connectivity index (χ1v) is 5.67. The Labute approximate surface area is 103 Å². The molecule has 0 aromatic carbocycles. The third kappa shape index (κ3) is 1.94. The third-order valence-corrected chi connectivity index (χ3v) is 2.68. The van der Waals surface area contributed by atoms with Crippen LogP contribution in [0.4, 0.5) is 0 Å². The van der Waals surface area contributed by atoms with Gasteiger partial charge in [0.05, 0.1) is 11.3 Å². The van der Waals surface area contributed by atoms with Crippen LogP contribution in [0.1, 0.15) is 31.7 Å². The Hall–Kier alpha value is -2.31. The standard InChI is InChI=1S/C11H11N5O2/c1-2-8-3-9(17-15-8)10-14-11(18-16-10)7-4-12-6-13-5-7/h4-6,9H,2-3H2,1H3. The molecule has 92 valence electrons. The lowest BCUT2D eigenvalue weighted by Gasteiger charge is -2.00. The number of aromatic nitrogens is 4. The number of hydrogen-bond donors (Lipinski definition) is 0. The Morgan fingerprint density at radius 3 is 2.89 bits per heavy atom. The Morgan fingerprint density at radius 2 is 2.17 bits per heavy atom. The van der Waals surface area contributed by atoms with E-state index in [-0.39, 0.29) is 6.10 Å². The molecule has 3 rings (SSSR count). The van der Waals surface area contributed by atoms with Gasteiger partial charge in [0.1, 0.15) is 6.33 Å². The van der Waals surface area contributed by atoms with E-state index in [4.69, 9.17) is 9.36 Å². The second-order valence-electron chi connectivity index (χ2n) is 3.89. The van der Waals surface area contributed by atoms with Crippen molar-refractivity contribution in [1.29, 1.82) is 0 Å². The first-order valence-electron chi connectivity index (χ1n) is 5.67. The molecule has 1 atom stereocenters. The van der Waals surface area contributed by atoms with Crippen LogP contribution in [-0.2, 0) is 4.84 Å². The minimum absolute atomic E-state index is 0.248. The molecular weight excluding hydrogens is 234 g/mol. The maximum absolute atomic E-state index is 5.26. The zero-order valence-corrected chi connectivity index (χ0v) is 9.78. The van der Waals surface area contributed by atoms with Gasteiger partial charge >= 0.3 is 0 Å². The predicted octanol–water partition coefficient (Wildman–Crippen LogP) is 1.75. The summed E-state index contributed by atoms with van der Waals surface area (Å²) in [5, 5.41) is 7.87. The molecule has 0 amide bonds. The van der Waals surface area contributed by atoms with Crippen molar-refractivity contribution in [3.63, 3.8) is 0 Å². The molecule has 7 heteroatoms. The largest absolute Gasteiger partial charge is 0.384 e. The SMILES string of the molecule is CCC1=NOC(c2noc(-c3cncnc3)n2)C1. The molecule has 0 saturated carbocycles. The minimum atomic E-state index is -0.248. The van der Waals surface area contributed by atoms with E-state index in [2.05, 4.69) is 25.3 Å². The molecule has 1 aliphatic rings. The first kappa shape index (κ1) is 10.8. The molecule has 0 aliphatic carbocycles. The highest BCUT2D eigenvalue weighted by Crippen LogP contribution is 2.27. The molecule has 0 radical (unpaired) electrons. The summed E-state index contributed by atoms with van der Waals surface area (Å²) in [6, 6.07) is 0. The van der Waals surface area contributed by atoms with Crippen molar-refractivity contribution in [3.05, 3.63) is 24.5 Å². The zero-order chi connectivity index (χ0) is 12.4. The highest BCUT2D eigenvalue weighted by Gasteiger charge is 2.26. The van der Waals surface area contributed by atoms with Gasteiger partial charge in [-0.1, -0.05) is 17.2 Å². The molecule has 0 bridgehead atoms. The number of oxime groups is 1. The van der Waals surface area contributed by atoms with Crippen LogP contribution in [0.2, 0.25) is 0 Å². The van der Waals surface area contributed by atoms with Crippen molar-refractivity contribution in [2.24, 2.45) is 5.16 Å². The summed E-state index contributed by atoms with van der Waals surface area (Å²) >= 11 is 0. The normalized spacial score (nSPS) is 18.5. The molecular formula is C11H11N5O2. The third-order valence-electron chi connectivity index (χ3n) is 2.68. The smallest absolute Gasteiger partial charge is 0.261 e. The summed E-state index contributed by atoms with van der Waals surface area (Å²) in [5.41, 5.74) is 1.69. The predicted molar refractivity (Wildman–Crippen MR) is 61.5 cm³/mol. The van der Waals surface area contributed by atoms with E-state index >= 15 is 0 Å². The van der Waals surface area contributed by atoms with Crippen molar-refractivity contribution >= 4 is 5.71 Å². The second-order valence-corrected chi connectivity index (χ2v) is 3.89. The second kappa shape index (κ2) is 4.52. The molecule has 2 aromatic rings. The fourth-order valence-corrected chi connectivity index (χ4v) is 1.67. The van der Waals surface area contributed by atoms with Gasteiger partial charge in [0, 0.05) is 18.8 Å². The van der Waals surface area contributed by atoms with Gasteiger partial charge in [-0.25, -0.2) is 9.97 Å². The lowest BCUT2D eigenvalue weighted by molar-refractivity contribution is 0.0772. The van der Waals surface area contributed by atoms with E-state index in [9.17, 15) is 0 Å². The van der Waals surface area contributed by atoms with E-state index in [1.807, 2.05) is 6.92 Å². The zero-order valence-electron chi connectivity index (χ0n) is 9.78. The van der Waals surface area contributed by atoms with Crippen LogP contribution in [0.3, 0.4) is 0 Å². The Bertz CT molecular complexity index is 566. The number of hydrogen-bond acceptors (Lipinski definition) is 7.